The lowest BCUT2D eigenvalue weighted by Gasteiger charge is -2.07. The molecule has 0 rings (SSSR count). The molecular weight excluding hydrogens is 160 g/mol. The average molecular weight is 172 g/mol. The van der Waals surface area contributed by atoms with Gasteiger partial charge in [0.15, 0.2) is 5.92 Å². The summed E-state index contributed by atoms with van der Waals surface area (Å²) in [4.78, 5) is 21.7. The van der Waals surface area contributed by atoms with Crippen LogP contribution < -0.4 is 0 Å². The number of rotatable bonds is 4. The minimum absolute atomic E-state index is 0.111. The van der Waals surface area contributed by atoms with Gasteiger partial charge < -0.3 is 9.47 Å². The van der Waals surface area contributed by atoms with Crippen LogP contribution in [0.2, 0.25) is 0 Å². The maximum absolute atomic E-state index is 10.9. The molecule has 0 heterocycles. The predicted octanol–water partition coefficient (Wildman–Crippen LogP) is 0.525. The molecule has 0 spiro atoms. The van der Waals surface area contributed by atoms with E-state index in [1.54, 1.807) is 0 Å². The number of ether oxygens (including phenoxy) is 2. The predicted molar refractivity (Wildman–Crippen MR) is 42.3 cm³/mol. The van der Waals surface area contributed by atoms with Gasteiger partial charge in [0.2, 0.25) is 0 Å². The fourth-order valence-corrected chi connectivity index (χ4v) is 0.539. The number of methoxy groups -OCH3 is 1. The van der Waals surface area contributed by atoms with Crippen LogP contribution in [0.15, 0.2) is 12.7 Å². The van der Waals surface area contributed by atoms with Gasteiger partial charge in [0.05, 0.1) is 7.11 Å². The molecule has 0 saturated heterocycles. The van der Waals surface area contributed by atoms with Crippen LogP contribution in [-0.4, -0.2) is 25.7 Å². The summed E-state index contributed by atoms with van der Waals surface area (Å²) in [7, 11) is 1.22. The first-order chi connectivity index (χ1) is 5.63. The van der Waals surface area contributed by atoms with Gasteiger partial charge in [-0.2, -0.15) is 0 Å². The van der Waals surface area contributed by atoms with Gasteiger partial charge in [-0.1, -0.05) is 12.7 Å². The van der Waals surface area contributed by atoms with Crippen molar-refractivity contribution in [2.45, 2.75) is 6.92 Å². The third-order valence-electron chi connectivity index (χ3n) is 1.25. The molecule has 0 saturated carbocycles. The van der Waals surface area contributed by atoms with E-state index < -0.39 is 17.9 Å². The molecule has 12 heavy (non-hydrogen) atoms. The zero-order valence-corrected chi connectivity index (χ0v) is 7.20. The highest BCUT2D eigenvalue weighted by Crippen LogP contribution is 2.00. The maximum atomic E-state index is 10.9. The summed E-state index contributed by atoms with van der Waals surface area (Å²) in [6, 6.07) is 0. The Morgan fingerprint density at radius 1 is 1.50 bits per heavy atom. The molecule has 0 aliphatic heterocycles. The minimum Gasteiger partial charge on any atom is -0.468 e. The highest BCUT2D eigenvalue weighted by molar-refractivity contribution is 5.94. The molecule has 1 unspecified atom stereocenters. The van der Waals surface area contributed by atoms with E-state index in [2.05, 4.69) is 16.1 Å². The molecule has 0 bridgehead atoms. The first kappa shape index (κ1) is 10.7. The second-order valence-corrected chi connectivity index (χ2v) is 2.16. The normalized spacial score (nSPS) is 11.5. The van der Waals surface area contributed by atoms with Crippen molar-refractivity contribution in [2.75, 3.05) is 13.7 Å². The molecule has 0 N–H and O–H groups in total. The molecule has 0 radical (unpaired) electrons. The summed E-state index contributed by atoms with van der Waals surface area (Å²) in [6.45, 7) is 4.90. The van der Waals surface area contributed by atoms with E-state index in [9.17, 15) is 9.59 Å². The van der Waals surface area contributed by atoms with Crippen LogP contribution in [0.1, 0.15) is 6.92 Å². The number of carbonyl (C=O) groups is 2. The molecule has 4 nitrogen and oxygen atoms in total. The zero-order chi connectivity index (χ0) is 9.56. The Labute approximate surface area is 71.2 Å². The summed E-state index contributed by atoms with van der Waals surface area (Å²) < 4.78 is 8.97. The van der Waals surface area contributed by atoms with Crippen LogP contribution in [0.25, 0.3) is 0 Å². The molecule has 68 valence electrons. The first-order valence-corrected chi connectivity index (χ1v) is 3.48. The van der Waals surface area contributed by atoms with Crippen molar-refractivity contribution >= 4 is 11.9 Å². The second-order valence-electron chi connectivity index (χ2n) is 2.16. The summed E-state index contributed by atoms with van der Waals surface area (Å²) in [5, 5.41) is 0. The van der Waals surface area contributed by atoms with Crippen molar-refractivity contribution in [2.24, 2.45) is 5.92 Å². The van der Waals surface area contributed by atoms with E-state index in [0.29, 0.717) is 0 Å². The fourth-order valence-electron chi connectivity index (χ4n) is 0.539. The Bertz CT molecular complexity index is 185. The molecule has 0 fully saturated rings. The van der Waals surface area contributed by atoms with Gasteiger partial charge in [-0.25, -0.2) is 0 Å². The molecule has 0 aromatic rings. The van der Waals surface area contributed by atoms with Crippen molar-refractivity contribution in [1.82, 2.24) is 0 Å². The van der Waals surface area contributed by atoms with Crippen molar-refractivity contribution in [3.63, 3.8) is 0 Å². The van der Waals surface area contributed by atoms with Gasteiger partial charge in [0, 0.05) is 0 Å². The zero-order valence-electron chi connectivity index (χ0n) is 7.20. The second kappa shape index (κ2) is 5.35. The molecular formula is C8H12O4. The molecule has 4 heteroatoms. The molecule has 0 aliphatic carbocycles. The third kappa shape index (κ3) is 3.18. The first-order valence-electron chi connectivity index (χ1n) is 3.48. The van der Waals surface area contributed by atoms with Gasteiger partial charge in [0.25, 0.3) is 0 Å². The Kier molecular flexibility index (Phi) is 4.76. The number of esters is 2. The molecule has 0 aromatic heterocycles. The van der Waals surface area contributed by atoms with Crippen LogP contribution in [0.4, 0.5) is 0 Å². The number of hydrogen-bond acceptors (Lipinski definition) is 4. The van der Waals surface area contributed by atoms with Gasteiger partial charge >= 0.3 is 11.9 Å². The smallest absolute Gasteiger partial charge is 0.320 e. The number of carbonyl (C=O) groups excluding carboxylic acids is 2. The van der Waals surface area contributed by atoms with Crippen molar-refractivity contribution in [3.8, 4) is 0 Å². The fraction of sp³-hybridized carbons (Fsp3) is 0.500. The molecule has 1 atom stereocenters. The number of hydrogen-bond donors (Lipinski definition) is 0. The van der Waals surface area contributed by atoms with Crippen molar-refractivity contribution in [3.05, 3.63) is 12.7 Å². The molecule has 0 amide bonds. The van der Waals surface area contributed by atoms with E-state index in [1.165, 1.54) is 20.1 Å². The highest BCUT2D eigenvalue weighted by Gasteiger charge is 2.22. The quantitative estimate of drug-likeness (QED) is 0.352. The lowest BCUT2D eigenvalue weighted by atomic mass is 10.2. The van der Waals surface area contributed by atoms with E-state index in [4.69, 9.17) is 0 Å². The van der Waals surface area contributed by atoms with Gasteiger partial charge in [-0.15, -0.1) is 0 Å². The van der Waals surface area contributed by atoms with Gasteiger partial charge in [-0.3, -0.25) is 9.59 Å². The van der Waals surface area contributed by atoms with Crippen LogP contribution in [0.3, 0.4) is 0 Å². The topological polar surface area (TPSA) is 52.6 Å². The van der Waals surface area contributed by atoms with Crippen molar-refractivity contribution < 1.29 is 19.1 Å². The highest BCUT2D eigenvalue weighted by atomic mass is 16.5. The average Bonchev–Trinajstić information content (AvgIpc) is 2.11. The standard InChI is InChI=1S/C8H12O4/c1-4-5-12-8(10)6(2)7(9)11-3/h4,6H,1,5H2,2-3H3. The lowest BCUT2D eigenvalue weighted by Crippen LogP contribution is -2.24. The monoisotopic (exact) mass is 172 g/mol. The van der Waals surface area contributed by atoms with Crippen molar-refractivity contribution in [1.29, 1.82) is 0 Å². The van der Waals surface area contributed by atoms with Gasteiger partial charge in [-0.05, 0) is 6.92 Å². The SMILES string of the molecule is C=CCOC(=O)C(C)C(=O)OC. The molecule has 0 aliphatic rings. The molecule has 0 aromatic carbocycles. The Morgan fingerprint density at radius 2 is 2.08 bits per heavy atom. The maximum Gasteiger partial charge on any atom is 0.320 e. The lowest BCUT2D eigenvalue weighted by molar-refractivity contribution is -0.158. The van der Waals surface area contributed by atoms with E-state index >= 15 is 0 Å². The van der Waals surface area contributed by atoms with E-state index in [1.807, 2.05) is 0 Å². The minimum atomic E-state index is -0.866. The van der Waals surface area contributed by atoms with Crippen LogP contribution in [-0.2, 0) is 19.1 Å². The Morgan fingerprint density at radius 3 is 2.50 bits per heavy atom. The Balaban J connectivity index is 3.92. The van der Waals surface area contributed by atoms with Crippen LogP contribution >= 0.6 is 0 Å². The summed E-state index contributed by atoms with van der Waals surface area (Å²) in [6.07, 6.45) is 1.43. The van der Waals surface area contributed by atoms with Crippen LogP contribution in [0, 0.1) is 5.92 Å². The summed E-state index contributed by atoms with van der Waals surface area (Å²) in [5.74, 6) is -2.05. The van der Waals surface area contributed by atoms with Gasteiger partial charge in [0.1, 0.15) is 6.61 Å². The summed E-state index contributed by atoms with van der Waals surface area (Å²) >= 11 is 0. The van der Waals surface area contributed by atoms with E-state index in [0.717, 1.165) is 0 Å². The summed E-state index contributed by atoms with van der Waals surface area (Å²) in [5.41, 5.74) is 0. The van der Waals surface area contributed by atoms with Crippen LogP contribution in [0.5, 0.6) is 0 Å². The Hall–Kier alpha value is -1.32. The largest absolute Gasteiger partial charge is 0.468 e. The van der Waals surface area contributed by atoms with E-state index in [-0.39, 0.29) is 6.61 Å². The third-order valence-corrected chi connectivity index (χ3v) is 1.25.